The third-order valence-electron chi connectivity index (χ3n) is 2.87. The quantitative estimate of drug-likeness (QED) is 0.877. The first kappa shape index (κ1) is 15.0. The van der Waals surface area contributed by atoms with Gasteiger partial charge in [-0.25, -0.2) is 0 Å². The van der Waals surface area contributed by atoms with Crippen molar-refractivity contribution in [3.63, 3.8) is 0 Å². The largest absolute Gasteiger partial charge is 0.456 e. The number of aryl methyl sites for hydroxylation is 1. The van der Waals surface area contributed by atoms with Crippen LogP contribution < -0.4 is 10.1 Å². The van der Waals surface area contributed by atoms with Gasteiger partial charge in [0, 0.05) is 30.5 Å². The van der Waals surface area contributed by atoms with E-state index >= 15 is 0 Å². The fraction of sp³-hybridized carbons (Fsp3) is 0.312. The van der Waals surface area contributed by atoms with E-state index in [9.17, 15) is 0 Å². The molecule has 0 aliphatic heterocycles. The molecule has 1 heterocycles. The van der Waals surface area contributed by atoms with Gasteiger partial charge in [-0.1, -0.05) is 19.9 Å². The van der Waals surface area contributed by atoms with Crippen LogP contribution in [0, 0.1) is 6.92 Å². The molecule has 1 aromatic heterocycles. The Morgan fingerprint density at radius 3 is 2.75 bits per heavy atom. The van der Waals surface area contributed by atoms with Gasteiger partial charge in [0.05, 0.1) is 4.47 Å². The number of rotatable bonds is 5. The summed E-state index contributed by atoms with van der Waals surface area (Å²) < 4.78 is 6.96. The molecule has 0 bridgehead atoms. The highest BCUT2D eigenvalue weighted by atomic mass is 79.9. The molecule has 0 saturated heterocycles. The number of aromatic nitrogens is 1. The molecule has 0 unspecified atom stereocenters. The van der Waals surface area contributed by atoms with E-state index in [2.05, 4.69) is 47.0 Å². The predicted molar refractivity (Wildman–Crippen MR) is 85.2 cm³/mol. The third kappa shape index (κ3) is 4.05. The maximum atomic E-state index is 6.00. The summed E-state index contributed by atoms with van der Waals surface area (Å²) in [6.07, 6.45) is 3.59. The molecule has 106 valence electrons. The van der Waals surface area contributed by atoms with Crippen LogP contribution in [0.4, 0.5) is 0 Å². The zero-order chi connectivity index (χ0) is 14.5. The summed E-state index contributed by atoms with van der Waals surface area (Å²) in [6.45, 7) is 7.03. The number of benzene rings is 1. The third-order valence-corrected chi connectivity index (χ3v) is 3.49. The van der Waals surface area contributed by atoms with Gasteiger partial charge in [-0.15, -0.1) is 0 Å². The second-order valence-corrected chi connectivity index (χ2v) is 5.91. The van der Waals surface area contributed by atoms with Crippen LogP contribution in [0.15, 0.2) is 41.1 Å². The van der Waals surface area contributed by atoms with Crippen molar-refractivity contribution in [3.05, 3.63) is 52.3 Å². The van der Waals surface area contributed by atoms with Crippen LogP contribution in [0.25, 0.3) is 0 Å². The van der Waals surface area contributed by atoms with Crippen LogP contribution in [0.2, 0.25) is 0 Å². The zero-order valence-electron chi connectivity index (χ0n) is 12.0. The lowest BCUT2D eigenvalue weighted by molar-refractivity contribution is 0.465. The van der Waals surface area contributed by atoms with Crippen molar-refractivity contribution >= 4 is 15.9 Å². The summed E-state index contributed by atoms with van der Waals surface area (Å²) in [5, 5.41) is 3.38. The summed E-state index contributed by atoms with van der Waals surface area (Å²) in [4.78, 5) is 4.17. The summed E-state index contributed by atoms with van der Waals surface area (Å²) >= 11 is 3.54. The van der Waals surface area contributed by atoms with Crippen molar-refractivity contribution in [2.45, 2.75) is 33.4 Å². The molecule has 2 rings (SSSR count). The highest BCUT2D eigenvalue weighted by molar-refractivity contribution is 9.10. The molecular weight excluding hydrogens is 316 g/mol. The molecule has 0 fully saturated rings. The summed E-state index contributed by atoms with van der Waals surface area (Å²) in [5.74, 6) is 1.64. The molecule has 2 aromatic rings. The lowest BCUT2D eigenvalue weighted by Gasteiger charge is -2.14. The van der Waals surface area contributed by atoms with Gasteiger partial charge < -0.3 is 10.1 Å². The van der Waals surface area contributed by atoms with E-state index in [4.69, 9.17) is 4.74 Å². The molecule has 0 aliphatic rings. The Kier molecular flexibility index (Phi) is 5.15. The molecule has 0 spiro atoms. The number of hydrogen-bond donors (Lipinski definition) is 1. The molecule has 20 heavy (non-hydrogen) atoms. The van der Waals surface area contributed by atoms with Crippen LogP contribution in [0.1, 0.15) is 25.0 Å². The normalized spacial score (nSPS) is 10.8. The second-order valence-electron chi connectivity index (χ2n) is 5.05. The molecule has 0 saturated carbocycles. The van der Waals surface area contributed by atoms with Crippen LogP contribution >= 0.6 is 15.9 Å². The summed E-state index contributed by atoms with van der Waals surface area (Å²) in [7, 11) is 0. The molecule has 3 nitrogen and oxygen atoms in total. The van der Waals surface area contributed by atoms with Crippen LogP contribution in [0.3, 0.4) is 0 Å². The van der Waals surface area contributed by atoms with E-state index in [1.165, 1.54) is 5.56 Å². The van der Waals surface area contributed by atoms with Crippen LogP contribution in [0.5, 0.6) is 11.5 Å². The Balaban J connectivity index is 2.20. The van der Waals surface area contributed by atoms with Gasteiger partial charge in [-0.3, -0.25) is 4.98 Å². The minimum atomic E-state index is 0.425. The first-order valence-electron chi connectivity index (χ1n) is 6.66. The minimum absolute atomic E-state index is 0.425. The molecule has 0 atom stereocenters. The van der Waals surface area contributed by atoms with Gasteiger partial charge in [0.1, 0.15) is 11.5 Å². The minimum Gasteiger partial charge on any atom is -0.456 e. The standard InChI is InChI=1S/C16H19BrN2O/c1-11(2)19-10-13-9-18-7-6-15(13)20-16-5-4-12(3)8-14(16)17/h4-9,11,19H,10H2,1-3H3. The number of nitrogens with one attached hydrogen (secondary N) is 1. The highest BCUT2D eigenvalue weighted by Crippen LogP contribution is 2.31. The lowest BCUT2D eigenvalue weighted by atomic mass is 10.2. The molecule has 0 radical (unpaired) electrons. The summed E-state index contributed by atoms with van der Waals surface area (Å²) in [5.41, 5.74) is 2.24. The van der Waals surface area contributed by atoms with Crippen molar-refractivity contribution in [3.8, 4) is 11.5 Å². The zero-order valence-corrected chi connectivity index (χ0v) is 13.6. The first-order valence-corrected chi connectivity index (χ1v) is 7.46. The smallest absolute Gasteiger partial charge is 0.141 e. The molecule has 1 aromatic carbocycles. The average molecular weight is 335 g/mol. The molecular formula is C16H19BrN2O. The van der Waals surface area contributed by atoms with Crippen molar-refractivity contribution in [1.82, 2.24) is 10.3 Å². The Morgan fingerprint density at radius 1 is 1.25 bits per heavy atom. The van der Waals surface area contributed by atoms with Gasteiger partial charge >= 0.3 is 0 Å². The van der Waals surface area contributed by atoms with E-state index in [1.807, 2.05) is 30.5 Å². The van der Waals surface area contributed by atoms with Gasteiger partial charge in [0.2, 0.25) is 0 Å². The maximum absolute atomic E-state index is 6.00. The lowest BCUT2D eigenvalue weighted by Crippen LogP contribution is -2.22. The number of pyridine rings is 1. The van der Waals surface area contributed by atoms with E-state index in [0.29, 0.717) is 6.04 Å². The Hall–Kier alpha value is -1.39. The maximum Gasteiger partial charge on any atom is 0.141 e. The van der Waals surface area contributed by atoms with E-state index in [1.54, 1.807) is 6.20 Å². The van der Waals surface area contributed by atoms with Crippen LogP contribution in [-0.2, 0) is 6.54 Å². The van der Waals surface area contributed by atoms with Crippen molar-refractivity contribution in [2.24, 2.45) is 0 Å². The van der Waals surface area contributed by atoms with E-state index in [0.717, 1.165) is 28.1 Å². The monoisotopic (exact) mass is 334 g/mol. The molecule has 0 aliphatic carbocycles. The summed E-state index contributed by atoms with van der Waals surface area (Å²) in [6, 6.07) is 8.37. The van der Waals surface area contributed by atoms with Crippen molar-refractivity contribution in [2.75, 3.05) is 0 Å². The Bertz CT molecular complexity index is 584. The Morgan fingerprint density at radius 2 is 2.05 bits per heavy atom. The Labute approximate surface area is 128 Å². The van der Waals surface area contributed by atoms with Crippen molar-refractivity contribution in [1.29, 1.82) is 0 Å². The SMILES string of the molecule is Cc1ccc(Oc2ccncc2CNC(C)C)c(Br)c1. The van der Waals surface area contributed by atoms with Gasteiger partial charge in [0.15, 0.2) is 0 Å². The predicted octanol–water partition coefficient (Wildman–Crippen LogP) is 4.44. The van der Waals surface area contributed by atoms with Gasteiger partial charge in [-0.2, -0.15) is 0 Å². The number of halogens is 1. The number of nitrogens with zero attached hydrogens (tertiary/aromatic N) is 1. The number of hydrogen-bond acceptors (Lipinski definition) is 3. The van der Waals surface area contributed by atoms with Gasteiger partial charge in [-0.05, 0) is 46.6 Å². The van der Waals surface area contributed by atoms with Gasteiger partial charge in [0.25, 0.3) is 0 Å². The molecule has 0 amide bonds. The molecule has 4 heteroatoms. The first-order chi connectivity index (χ1) is 9.56. The fourth-order valence-electron chi connectivity index (χ4n) is 1.77. The molecule has 1 N–H and O–H groups in total. The second kappa shape index (κ2) is 6.86. The fourth-order valence-corrected chi connectivity index (χ4v) is 2.34. The number of ether oxygens (including phenoxy) is 1. The highest BCUT2D eigenvalue weighted by Gasteiger charge is 2.08. The van der Waals surface area contributed by atoms with E-state index in [-0.39, 0.29) is 0 Å². The average Bonchev–Trinajstić information content (AvgIpc) is 2.41. The topological polar surface area (TPSA) is 34.1 Å². The van der Waals surface area contributed by atoms with Crippen LogP contribution in [-0.4, -0.2) is 11.0 Å². The van der Waals surface area contributed by atoms with Crippen molar-refractivity contribution < 1.29 is 4.74 Å². The van der Waals surface area contributed by atoms with E-state index < -0.39 is 0 Å².